The number of nitrogens with zero attached hydrogens (tertiary/aromatic N) is 2. The summed E-state index contributed by atoms with van der Waals surface area (Å²) in [5, 5.41) is 13.9. The molecule has 0 spiro atoms. The molecule has 0 aliphatic carbocycles. The zero-order valence-corrected chi connectivity index (χ0v) is 29.4. The number of carbonyl (C=O) groups excluding carboxylic acids is 1. The van der Waals surface area contributed by atoms with Gasteiger partial charge in [-0.25, -0.2) is 9.59 Å². The maximum atomic E-state index is 13.6. The van der Waals surface area contributed by atoms with Crippen molar-refractivity contribution in [2.75, 3.05) is 26.2 Å². The van der Waals surface area contributed by atoms with Gasteiger partial charge < -0.3 is 20.6 Å². The van der Waals surface area contributed by atoms with Crippen LogP contribution in [-0.2, 0) is 30.8 Å². The number of halogens is 3. The third-order valence-electron chi connectivity index (χ3n) is 8.76. The molecule has 1 heterocycles. The molecule has 5 rings (SSSR count). The molecule has 0 bridgehead atoms. The van der Waals surface area contributed by atoms with Crippen LogP contribution in [-0.4, -0.2) is 65.3 Å². The average molecular weight is 703 g/mol. The van der Waals surface area contributed by atoms with Crippen LogP contribution in [0.5, 0.6) is 0 Å². The highest BCUT2D eigenvalue weighted by molar-refractivity contribution is 5.75. The smallest absolute Gasteiger partial charge is 0.475 e. The number of urea groups is 1. The van der Waals surface area contributed by atoms with Gasteiger partial charge >= 0.3 is 18.2 Å². The topological polar surface area (TPSA) is 84.9 Å². The van der Waals surface area contributed by atoms with Crippen molar-refractivity contribution in [1.82, 2.24) is 20.4 Å². The van der Waals surface area contributed by atoms with Gasteiger partial charge in [-0.1, -0.05) is 123 Å². The average Bonchev–Trinajstić information content (AvgIpc) is 3.12. The number of carbonyl (C=O) groups is 2. The Balaban J connectivity index is 0.000000755. The summed E-state index contributed by atoms with van der Waals surface area (Å²) in [4.78, 5) is 27.1. The Morgan fingerprint density at radius 3 is 1.80 bits per heavy atom. The molecule has 4 aromatic rings. The van der Waals surface area contributed by atoms with Crippen LogP contribution in [0, 0.1) is 5.92 Å². The molecular weight excluding hydrogens is 653 g/mol. The molecule has 10 heteroatoms. The van der Waals surface area contributed by atoms with E-state index in [1.54, 1.807) is 0 Å². The molecule has 1 fully saturated rings. The minimum Gasteiger partial charge on any atom is -0.475 e. The van der Waals surface area contributed by atoms with Gasteiger partial charge in [-0.2, -0.15) is 13.2 Å². The second kappa shape index (κ2) is 19.7. The summed E-state index contributed by atoms with van der Waals surface area (Å²) >= 11 is 0. The fourth-order valence-corrected chi connectivity index (χ4v) is 5.98. The SMILES string of the molecule is CC(C)CNCc1ccc(-c2ccc(CN(C(=O)NCCc3ccccc3)C3CCN(Cc4ccccc4)CC3)cc2)cc1.O=C(O)C(F)(F)F. The molecule has 7 nitrogen and oxygen atoms in total. The van der Waals surface area contributed by atoms with Gasteiger partial charge in [0.05, 0.1) is 0 Å². The number of rotatable bonds is 13. The fourth-order valence-electron chi connectivity index (χ4n) is 5.98. The molecule has 0 saturated carbocycles. The Labute approximate surface area is 299 Å². The Morgan fingerprint density at radius 2 is 1.29 bits per heavy atom. The van der Waals surface area contributed by atoms with Gasteiger partial charge in [0.15, 0.2) is 0 Å². The van der Waals surface area contributed by atoms with E-state index in [0.717, 1.165) is 57.5 Å². The molecule has 1 aliphatic rings. The molecule has 2 amide bonds. The van der Waals surface area contributed by atoms with E-state index in [9.17, 15) is 18.0 Å². The zero-order valence-electron chi connectivity index (χ0n) is 29.4. The number of piperidine rings is 1. The second-order valence-corrected chi connectivity index (χ2v) is 13.3. The Hall–Kier alpha value is -4.67. The number of alkyl halides is 3. The minimum absolute atomic E-state index is 0.0354. The van der Waals surface area contributed by atoms with Crippen LogP contribution in [0.3, 0.4) is 0 Å². The van der Waals surface area contributed by atoms with E-state index in [0.29, 0.717) is 19.0 Å². The molecule has 1 saturated heterocycles. The number of hydrogen-bond acceptors (Lipinski definition) is 4. The number of carboxylic acid groups (broad SMARTS) is 1. The van der Waals surface area contributed by atoms with E-state index in [1.807, 2.05) is 6.07 Å². The molecule has 0 radical (unpaired) electrons. The quantitative estimate of drug-likeness (QED) is 0.131. The molecule has 0 atom stereocenters. The van der Waals surface area contributed by atoms with Crippen LogP contribution >= 0.6 is 0 Å². The largest absolute Gasteiger partial charge is 0.490 e. The summed E-state index contributed by atoms with van der Waals surface area (Å²) in [6.07, 6.45) is -2.29. The van der Waals surface area contributed by atoms with Gasteiger partial charge in [0, 0.05) is 45.3 Å². The van der Waals surface area contributed by atoms with Gasteiger partial charge in [0.2, 0.25) is 0 Å². The van der Waals surface area contributed by atoms with Crippen LogP contribution in [0.1, 0.15) is 48.9 Å². The first-order valence-corrected chi connectivity index (χ1v) is 17.5. The number of hydrogen-bond donors (Lipinski definition) is 3. The maximum absolute atomic E-state index is 13.6. The third kappa shape index (κ3) is 13.5. The van der Waals surface area contributed by atoms with Crippen LogP contribution in [0.4, 0.5) is 18.0 Å². The Kier molecular flexibility index (Phi) is 15.1. The van der Waals surface area contributed by atoms with E-state index >= 15 is 0 Å². The first kappa shape index (κ1) is 39.1. The van der Waals surface area contributed by atoms with Gasteiger partial charge in [-0.05, 0) is 65.1 Å². The van der Waals surface area contributed by atoms with Crippen molar-refractivity contribution in [3.8, 4) is 11.1 Å². The summed E-state index contributed by atoms with van der Waals surface area (Å²) in [5.41, 5.74) is 7.46. The van der Waals surface area contributed by atoms with Gasteiger partial charge in [0.25, 0.3) is 0 Å². The van der Waals surface area contributed by atoms with E-state index in [1.165, 1.54) is 27.8 Å². The molecule has 272 valence electrons. The van der Waals surface area contributed by atoms with Crippen molar-refractivity contribution >= 4 is 12.0 Å². The lowest BCUT2D eigenvalue weighted by atomic mass is 10.00. The van der Waals surface area contributed by atoms with Crippen LogP contribution in [0.25, 0.3) is 11.1 Å². The third-order valence-corrected chi connectivity index (χ3v) is 8.76. The number of benzene rings is 4. The standard InChI is InChI=1S/C39H48N4O.C2HF3O2/c1-31(2)27-40-28-33-13-17-36(18-14-33)37-19-15-35(16-20-37)30-43(39(44)41-24-21-32-9-5-3-6-10-32)38-22-25-42(26-23-38)29-34-11-7-4-8-12-34;3-2(4,5)1(6)7/h3-20,31,38,40H,21-30H2,1-2H3,(H,41,44);(H,6,7). The predicted octanol–water partition coefficient (Wildman–Crippen LogP) is 8.15. The predicted molar refractivity (Wildman–Crippen MR) is 196 cm³/mol. The molecule has 1 aliphatic heterocycles. The van der Waals surface area contributed by atoms with E-state index < -0.39 is 12.1 Å². The van der Waals surface area contributed by atoms with Crippen molar-refractivity contribution in [3.63, 3.8) is 0 Å². The number of aliphatic carboxylic acids is 1. The summed E-state index contributed by atoms with van der Waals surface area (Å²) in [7, 11) is 0. The summed E-state index contributed by atoms with van der Waals surface area (Å²) in [6.45, 7) is 10.6. The molecule has 3 N–H and O–H groups in total. The molecule has 51 heavy (non-hydrogen) atoms. The lowest BCUT2D eigenvalue weighted by Crippen LogP contribution is -2.50. The second-order valence-electron chi connectivity index (χ2n) is 13.3. The van der Waals surface area contributed by atoms with Crippen molar-refractivity contribution in [3.05, 3.63) is 131 Å². The number of carboxylic acids is 1. The number of amides is 2. The summed E-state index contributed by atoms with van der Waals surface area (Å²) < 4.78 is 31.7. The molecular formula is C41H49F3N4O3. The van der Waals surface area contributed by atoms with Crippen molar-refractivity contribution < 1.29 is 27.9 Å². The molecule has 0 unspecified atom stereocenters. The van der Waals surface area contributed by atoms with Crippen molar-refractivity contribution in [1.29, 1.82) is 0 Å². The van der Waals surface area contributed by atoms with E-state index in [2.05, 4.69) is 137 Å². The van der Waals surface area contributed by atoms with Crippen molar-refractivity contribution in [2.45, 2.75) is 65.0 Å². The van der Waals surface area contributed by atoms with Crippen LogP contribution in [0.15, 0.2) is 109 Å². The highest BCUT2D eigenvalue weighted by Crippen LogP contribution is 2.24. The Morgan fingerprint density at radius 1 is 0.784 bits per heavy atom. The van der Waals surface area contributed by atoms with E-state index in [-0.39, 0.29) is 12.1 Å². The van der Waals surface area contributed by atoms with Gasteiger partial charge in [0.1, 0.15) is 0 Å². The number of likely N-dealkylation sites (tertiary alicyclic amines) is 1. The summed E-state index contributed by atoms with van der Waals surface area (Å²) in [5.74, 6) is -2.11. The van der Waals surface area contributed by atoms with Gasteiger partial charge in [-0.15, -0.1) is 0 Å². The highest BCUT2D eigenvalue weighted by atomic mass is 19.4. The molecule has 4 aromatic carbocycles. The first-order valence-electron chi connectivity index (χ1n) is 17.5. The summed E-state index contributed by atoms with van der Waals surface area (Å²) in [6, 6.07) is 38.9. The minimum atomic E-state index is -5.08. The fraction of sp³-hybridized carbons (Fsp3) is 0.366. The normalized spacial score (nSPS) is 13.7. The van der Waals surface area contributed by atoms with Crippen molar-refractivity contribution in [2.24, 2.45) is 5.92 Å². The lowest BCUT2D eigenvalue weighted by Gasteiger charge is -2.38. The number of nitrogens with one attached hydrogen (secondary N) is 2. The van der Waals surface area contributed by atoms with Crippen LogP contribution < -0.4 is 10.6 Å². The zero-order chi connectivity index (χ0) is 36.6. The monoisotopic (exact) mass is 702 g/mol. The first-order chi connectivity index (χ1) is 24.5. The van der Waals surface area contributed by atoms with Gasteiger partial charge in [-0.3, -0.25) is 4.90 Å². The highest BCUT2D eigenvalue weighted by Gasteiger charge is 2.38. The lowest BCUT2D eigenvalue weighted by molar-refractivity contribution is -0.192. The maximum Gasteiger partial charge on any atom is 0.490 e. The van der Waals surface area contributed by atoms with E-state index in [4.69, 9.17) is 9.90 Å². The Bertz CT molecular complexity index is 1610. The molecule has 0 aromatic heterocycles. The van der Waals surface area contributed by atoms with Crippen LogP contribution in [0.2, 0.25) is 0 Å².